The summed E-state index contributed by atoms with van der Waals surface area (Å²) in [6, 6.07) is 0. The zero-order chi connectivity index (χ0) is 13.7. The minimum Gasteiger partial charge on any atom is -0.496 e. The number of methoxy groups -OCH3 is 1. The number of hydrogen-bond donors (Lipinski definition) is 1. The molecule has 3 nitrogen and oxygen atoms in total. The molecule has 1 fully saturated rings. The van der Waals surface area contributed by atoms with Crippen LogP contribution in [-0.4, -0.2) is 18.2 Å². The third kappa shape index (κ3) is 1.66. The van der Waals surface area contributed by atoms with Crippen LogP contribution in [0.3, 0.4) is 0 Å². The van der Waals surface area contributed by atoms with Crippen LogP contribution in [-0.2, 0) is 10.2 Å². The van der Waals surface area contributed by atoms with Gasteiger partial charge < -0.3 is 9.84 Å². The molecule has 0 heterocycles. The Labute approximate surface area is 115 Å². The van der Waals surface area contributed by atoms with Crippen LogP contribution in [0.1, 0.15) is 35.1 Å². The van der Waals surface area contributed by atoms with Crippen molar-refractivity contribution < 1.29 is 14.6 Å². The second-order valence-corrected chi connectivity index (χ2v) is 5.78. The quantitative estimate of drug-likeness (QED) is 0.929. The van der Waals surface area contributed by atoms with Gasteiger partial charge in [0.25, 0.3) is 0 Å². The second-order valence-electron chi connectivity index (χ2n) is 4.98. The maximum absolute atomic E-state index is 11.5. The van der Waals surface area contributed by atoms with Crippen molar-refractivity contribution >= 4 is 21.9 Å². The summed E-state index contributed by atoms with van der Waals surface area (Å²) in [6.45, 7) is 5.94. The van der Waals surface area contributed by atoms with E-state index >= 15 is 0 Å². The van der Waals surface area contributed by atoms with Crippen LogP contribution in [0.2, 0.25) is 0 Å². The minimum atomic E-state index is -0.751. The fourth-order valence-electron chi connectivity index (χ4n) is 2.61. The molecule has 0 saturated heterocycles. The Bertz CT molecular complexity index is 531. The van der Waals surface area contributed by atoms with E-state index in [1.807, 2.05) is 20.8 Å². The monoisotopic (exact) mass is 312 g/mol. The zero-order valence-corrected chi connectivity index (χ0v) is 12.6. The first kappa shape index (κ1) is 13.4. The predicted octanol–water partition coefficient (Wildman–Crippen LogP) is 3.50. The van der Waals surface area contributed by atoms with Gasteiger partial charge in [-0.25, -0.2) is 0 Å². The Morgan fingerprint density at radius 1 is 1.22 bits per heavy atom. The van der Waals surface area contributed by atoms with E-state index in [0.717, 1.165) is 32.5 Å². The summed E-state index contributed by atoms with van der Waals surface area (Å²) < 4.78 is 6.47. The van der Waals surface area contributed by atoms with Crippen molar-refractivity contribution in [1.29, 1.82) is 0 Å². The lowest BCUT2D eigenvalue weighted by atomic mass is 9.87. The van der Waals surface area contributed by atoms with Gasteiger partial charge in [-0.05, 0) is 50.3 Å². The van der Waals surface area contributed by atoms with E-state index < -0.39 is 11.4 Å². The van der Waals surface area contributed by atoms with Crippen LogP contribution in [0.4, 0.5) is 0 Å². The molecule has 1 saturated carbocycles. The first-order chi connectivity index (χ1) is 8.36. The van der Waals surface area contributed by atoms with Gasteiger partial charge in [-0.3, -0.25) is 4.79 Å². The molecule has 1 aliphatic rings. The van der Waals surface area contributed by atoms with Gasteiger partial charge in [0.05, 0.1) is 12.5 Å². The number of benzene rings is 1. The highest BCUT2D eigenvalue weighted by Crippen LogP contribution is 2.55. The molecule has 1 aliphatic carbocycles. The molecule has 0 bridgehead atoms. The smallest absolute Gasteiger partial charge is 0.314 e. The van der Waals surface area contributed by atoms with Gasteiger partial charge in [0, 0.05) is 10.0 Å². The Balaban J connectivity index is 2.78. The fraction of sp³-hybridized carbons (Fsp3) is 0.500. The molecule has 0 aromatic heterocycles. The number of aliphatic carboxylic acids is 1. The number of carbonyl (C=O) groups is 1. The molecule has 0 unspecified atom stereocenters. The van der Waals surface area contributed by atoms with E-state index in [1.165, 1.54) is 0 Å². The summed E-state index contributed by atoms with van der Waals surface area (Å²) in [5.41, 5.74) is 3.20. The molecule has 1 aromatic rings. The lowest BCUT2D eigenvalue weighted by molar-refractivity contribution is -0.140. The molecule has 2 rings (SSSR count). The number of rotatable bonds is 3. The van der Waals surface area contributed by atoms with Gasteiger partial charge in [-0.15, -0.1) is 0 Å². The van der Waals surface area contributed by atoms with Crippen LogP contribution < -0.4 is 4.74 Å². The van der Waals surface area contributed by atoms with Gasteiger partial charge in [0.1, 0.15) is 5.75 Å². The molecule has 4 heteroatoms. The van der Waals surface area contributed by atoms with Crippen molar-refractivity contribution in [2.75, 3.05) is 7.11 Å². The van der Waals surface area contributed by atoms with E-state index in [2.05, 4.69) is 15.9 Å². The average Bonchev–Trinajstić information content (AvgIpc) is 3.12. The molecule has 1 N–H and O–H groups in total. The zero-order valence-electron chi connectivity index (χ0n) is 11.1. The van der Waals surface area contributed by atoms with Gasteiger partial charge >= 0.3 is 5.97 Å². The summed E-state index contributed by atoms with van der Waals surface area (Å²) in [5, 5.41) is 9.48. The summed E-state index contributed by atoms with van der Waals surface area (Å²) in [6.07, 6.45) is 1.38. The van der Waals surface area contributed by atoms with Crippen molar-refractivity contribution in [2.45, 2.75) is 39.0 Å². The molecule has 18 heavy (non-hydrogen) atoms. The maximum Gasteiger partial charge on any atom is 0.314 e. The number of carboxylic acid groups (broad SMARTS) is 1. The Morgan fingerprint density at radius 2 is 1.78 bits per heavy atom. The highest BCUT2D eigenvalue weighted by Gasteiger charge is 2.54. The first-order valence-electron chi connectivity index (χ1n) is 5.94. The van der Waals surface area contributed by atoms with Crippen LogP contribution in [0.15, 0.2) is 4.47 Å². The fourth-order valence-corrected chi connectivity index (χ4v) is 3.11. The maximum atomic E-state index is 11.5. The summed E-state index contributed by atoms with van der Waals surface area (Å²) >= 11 is 3.57. The van der Waals surface area contributed by atoms with Gasteiger partial charge in [-0.2, -0.15) is 0 Å². The molecular weight excluding hydrogens is 296 g/mol. The van der Waals surface area contributed by atoms with Crippen LogP contribution in [0, 0.1) is 20.8 Å². The number of ether oxygens (including phenoxy) is 1. The largest absolute Gasteiger partial charge is 0.496 e. The third-order valence-electron chi connectivity index (χ3n) is 4.01. The normalized spacial score (nSPS) is 16.5. The number of halogens is 1. The highest BCUT2D eigenvalue weighted by molar-refractivity contribution is 9.10. The van der Waals surface area contributed by atoms with Crippen molar-refractivity contribution in [2.24, 2.45) is 0 Å². The second kappa shape index (κ2) is 4.26. The summed E-state index contributed by atoms with van der Waals surface area (Å²) in [7, 11) is 1.61. The summed E-state index contributed by atoms with van der Waals surface area (Å²) in [4.78, 5) is 11.5. The van der Waals surface area contributed by atoms with E-state index in [0.29, 0.717) is 12.8 Å². The van der Waals surface area contributed by atoms with Gasteiger partial charge in [-0.1, -0.05) is 15.9 Å². The van der Waals surface area contributed by atoms with E-state index in [-0.39, 0.29) is 0 Å². The molecule has 0 radical (unpaired) electrons. The molecule has 0 aliphatic heterocycles. The number of carboxylic acids is 1. The number of hydrogen-bond acceptors (Lipinski definition) is 2. The van der Waals surface area contributed by atoms with Crippen molar-refractivity contribution in [1.82, 2.24) is 0 Å². The van der Waals surface area contributed by atoms with Crippen molar-refractivity contribution in [3.8, 4) is 5.75 Å². The average molecular weight is 313 g/mol. The lowest BCUT2D eigenvalue weighted by Gasteiger charge is -2.22. The highest BCUT2D eigenvalue weighted by atomic mass is 79.9. The lowest BCUT2D eigenvalue weighted by Crippen LogP contribution is -2.22. The molecule has 1 aromatic carbocycles. The standard InChI is InChI=1S/C14H17BrO3/c1-7-8(2)12(18-4)10(9(3)11(7)15)14(5-6-14)13(16)17/h5-6H2,1-4H3,(H,16,17). The van der Waals surface area contributed by atoms with Crippen molar-refractivity contribution in [3.63, 3.8) is 0 Å². The SMILES string of the molecule is COc1c(C)c(C)c(Br)c(C)c1C1(C(=O)O)CC1. The van der Waals surface area contributed by atoms with Gasteiger partial charge in [0.15, 0.2) is 0 Å². The molecule has 98 valence electrons. The van der Waals surface area contributed by atoms with E-state index in [4.69, 9.17) is 4.74 Å². The first-order valence-corrected chi connectivity index (χ1v) is 6.73. The predicted molar refractivity (Wildman–Crippen MR) is 73.5 cm³/mol. The Morgan fingerprint density at radius 3 is 2.17 bits per heavy atom. The molecular formula is C14H17BrO3. The van der Waals surface area contributed by atoms with Crippen LogP contribution >= 0.6 is 15.9 Å². The van der Waals surface area contributed by atoms with E-state index in [1.54, 1.807) is 7.11 Å². The Kier molecular flexibility index (Phi) is 3.18. The molecule has 0 atom stereocenters. The molecule has 0 spiro atoms. The van der Waals surface area contributed by atoms with Crippen molar-refractivity contribution in [3.05, 3.63) is 26.7 Å². The van der Waals surface area contributed by atoms with Gasteiger partial charge in [0.2, 0.25) is 0 Å². The minimum absolute atomic E-state index is 0.689. The summed E-state index contributed by atoms with van der Waals surface area (Å²) in [5.74, 6) is -0.0212. The topological polar surface area (TPSA) is 46.5 Å². The Hall–Kier alpha value is -1.03. The van der Waals surface area contributed by atoms with Crippen LogP contribution in [0.5, 0.6) is 5.75 Å². The molecule has 0 amide bonds. The third-order valence-corrected chi connectivity index (χ3v) is 5.20. The van der Waals surface area contributed by atoms with E-state index in [9.17, 15) is 9.90 Å². The van der Waals surface area contributed by atoms with Crippen LogP contribution in [0.25, 0.3) is 0 Å².